The Hall–Kier alpha value is -3.67. The van der Waals surface area contributed by atoms with E-state index in [1.807, 2.05) is 30.3 Å². The highest BCUT2D eigenvalue weighted by Gasteiger charge is 2.10. The minimum Gasteiger partial charge on any atom is -0.457 e. The van der Waals surface area contributed by atoms with Crippen LogP contribution in [-0.2, 0) is 11.2 Å². The highest BCUT2D eigenvalue weighted by Crippen LogP contribution is 2.13. The van der Waals surface area contributed by atoms with E-state index in [1.54, 1.807) is 30.3 Å². The maximum Gasteiger partial charge on any atom is 0.379 e. The van der Waals surface area contributed by atoms with Crippen LogP contribution in [0.25, 0.3) is 0 Å². The molecule has 26 heavy (non-hydrogen) atoms. The fraction of sp³-hybridized carbons (Fsp3) is 0.0500. The van der Waals surface area contributed by atoms with E-state index in [0.29, 0.717) is 5.75 Å². The lowest BCUT2D eigenvalue weighted by atomic mass is 10.1. The van der Waals surface area contributed by atoms with E-state index in [-0.39, 0.29) is 18.1 Å². The Bertz CT molecular complexity index is 885. The molecule has 6 heteroatoms. The number of furan rings is 1. The zero-order chi connectivity index (χ0) is 18.2. The van der Waals surface area contributed by atoms with Gasteiger partial charge in [0.05, 0.1) is 18.9 Å². The normalized spacial score (nSPS) is 10.6. The molecule has 2 aromatic carbocycles. The Morgan fingerprint density at radius 3 is 2.46 bits per heavy atom. The number of carbonyl (C=O) groups excluding carboxylic acids is 2. The quantitative estimate of drug-likeness (QED) is 0.321. The van der Waals surface area contributed by atoms with Gasteiger partial charge in [0, 0.05) is 0 Å². The van der Waals surface area contributed by atoms with Crippen molar-refractivity contribution in [2.24, 2.45) is 5.10 Å². The number of hydrazone groups is 1. The number of ether oxygens (including phenoxy) is 1. The number of benzene rings is 2. The second-order valence-electron chi connectivity index (χ2n) is 5.39. The lowest BCUT2D eigenvalue weighted by Crippen LogP contribution is -2.19. The molecule has 6 nitrogen and oxygen atoms in total. The predicted molar refractivity (Wildman–Crippen MR) is 96.0 cm³/mol. The first-order valence-electron chi connectivity index (χ1n) is 7.92. The van der Waals surface area contributed by atoms with Crippen molar-refractivity contribution in [3.05, 3.63) is 89.9 Å². The van der Waals surface area contributed by atoms with Gasteiger partial charge in [0.15, 0.2) is 0 Å². The summed E-state index contributed by atoms with van der Waals surface area (Å²) >= 11 is 0. The second kappa shape index (κ2) is 8.43. The first kappa shape index (κ1) is 17.2. The molecule has 0 aliphatic heterocycles. The molecule has 1 N–H and O–H groups in total. The van der Waals surface area contributed by atoms with Crippen LogP contribution in [0.5, 0.6) is 5.75 Å². The van der Waals surface area contributed by atoms with Crippen LogP contribution in [0.1, 0.15) is 21.7 Å². The third-order valence-electron chi connectivity index (χ3n) is 3.42. The third-order valence-corrected chi connectivity index (χ3v) is 3.42. The summed E-state index contributed by atoms with van der Waals surface area (Å²) in [5, 5.41) is 3.92. The maximum absolute atomic E-state index is 11.8. The van der Waals surface area contributed by atoms with Gasteiger partial charge in [-0.2, -0.15) is 5.10 Å². The molecule has 0 fully saturated rings. The first-order valence-corrected chi connectivity index (χ1v) is 7.92. The van der Waals surface area contributed by atoms with Crippen LogP contribution in [-0.4, -0.2) is 18.1 Å². The van der Waals surface area contributed by atoms with E-state index in [0.717, 1.165) is 11.1 Å². The molecule has 0 aliphatic carbocycles. The molecule has 0 saturated heterocycles. The fourth-order valence-electron chi connectivity index (χ4n) is 2.17. The zero-order valence-electron chi connectivity index (χ0n) is 13.8. The van der Waals surface area contributed by atoms with Gasteiger partial charge in [-0.1, -0.05) is 30.3 Å². The number of hydrogen-bond donors (Lipinski definition) is 1. The lowest BCUT2D eigenvalue weighted by Gasteiger charge is -2.02. The van der Waals surface area contributed by atoms with Gasteiger partial charge in [-0.15, -0.1) is 0 Å². The summed E-state index contributed by atoms with van der Waals surface area (Å²) in [6.45, 7) is 0. The molecule has 130 valence electrons. The first-order chi connectivity index (χ1) is 12.7. The van der Waals surface area contributed by atoms with Crippen molar-refractivity contribution in [3.8, 4) is 5.75 Å². The van der Waals surface area contributed by atoms with E-state index in [2.05, 4.69) is 10.5 Å². The standard InChI is InChI=1S/C20H16N2O4/c23-19(13-15-5-2-1-3-6-15)22-21-14-16-8-10-17(11-9-16)26-20(24)18-7-4-12-25-18/h1-12,14H,13H2,(H,22,23)/b21-14-. The number of amides is 1. The van der Waals surface area contributed by atoms with Gasteiger partial charge < -0.3 is 9.15 Å². The summed E-state index contributed by atoms with van der Waals surface area (Å²) in [6, 6.07) is 19.3. The maximum atomic E-state index is 11.8. The van der Waals surface area contributed by atoms with Crippen LogP contribution < -0.4 is 10.2 Å². The molecule has 0 unspecified atom stereocenters. The largest absolute Gasteiger partial charge is 0.457 e. The summed E-state index contributed by atoms with van der Waals surface area (Å²) < 4.78 is 10.1. The average Bonchev–Trinajstić information content (AvgIpc) is 3.19. The zero-order valence-corrected chi connectivity index (χ0v) is 13.8. The highest BCUT2D eigenvalue weighted by atomic mass is 16.5. The summed E-state index contributed by atoms with van der Waals surface area (Å²) in [5.41, 5.74) is 4.15. The van der Waals surface area contributed by atoms with Crippen molar-refractivity contribution in [1.29, 1.82) is 0 Å². The number of rotatable bonds is 6. The van der Waals surface area contributed by atoms with Gasteiger partial charge >= 0.3 is 5.97 Å². The fourth-order valence-corrected chi connectivity index (χ4v) is 2.17. The summed E-state index contributed by atoms with van der Waals surface area (Å²) in [7, 11) is 0. The van der Waals surface area contributed by atoms with E-state index in [9.17, 15) is 9.59 Å². The molecule has 0 bridgehead atoms. The predicted octanol–water partition coefficient (Wildman–Crippen LogP) is 3.19. The third kappa shape index (κ3) is 4.91. The van der Waals surface area contributed by atoms with Gasteiger partial charge in [0.25, 0.3) is 0 Å². The monoisotopic (exact) mass is 348 g/mol. The molecule has 1 heterocycles. The molecule has 0 saturated carbocycles. The van der Waals surface area contributed by atoms with Crippen molar-refractivity contribution >= 4 is 18.1 Å². The minimum absolute atomic E-state index is 0.136. The molecule has 0 spiro atoms. The van der Waals surface area contributed by atoms with Crippen molar-refractivity contribution in [3.63, 3.8) is 0 Å². The van der Waals surface area contributed by atoms with E-state index in [4.69, 9.17) is 9.15 Å². The smallest absolute Gasteiger partial charge is 0.379 e. The molecule has 0 atom stereocenters. The molecule has 3 rings (SSSR count). The lowest BCUT2D eigenvalue weighted by molar-refractivity contribution is -0.120. The number of nitrogens with zero attached hydrogens (tertiary/aromatic N) is 1. The number of hydrogen-bond acceptors (Lipinski definition) is 5. The molecule has 0 radical (unpaired) electrons. The van der Waals surface area contributed by atoms with Crippen molar-refractivity contribution in [2.75, 3.05) is 0 Å². The van der Waals surface area contributed by atoms with Gasteiger partial charge in [0.1, 0.15) is 5.75 Å². The minimum atomic E-state index is -0.565. The topological polar surface area (TPSA) is 80.9 Å². The Labute approximate surface area is 150 Å². The molecule has 0 aliphatic rings. The molecule has 1 amide bonds. The molecule has 3 aromatic rings. The Morgan fingerprint density at radius 1 is 1.00 bits per heavy atom. The van der Waals surface area contributed by atoms with Crippen LogP contribution in [0, 0.1) is 0 Å². The Kier molecular flexibility index (Phi) is 5.57. The highest BCUT2D eigenvalue weighted by molar-refractivity contribution is 5.88. The van der Waals surface area contributed by atoms with Crippen LogP contribution >= 0.6 is 0 Å². The SMILES string of the molecule is O=C(Cc1ccccc1)N/N=C\c1ccc(OC(=O)c2ccco2)cc1. The van der Waals surface area contributed by atoms with Gasteiger partial charge in [0.2, 0.25) is 11.7 Å². The summed E-state index contributed by atoms with van der Waals surface area (Å²) in [5.74, 6) is -0.241. The Morgan fingerprint density at radius 2 is 1.77 bits per heavy atom. The van der Waals surface area contributed by atoms with Crippen LogP contribution in [0.15, 0.2) is 82.5 Å². The number of carbonyl (C=O) groups is 2. The van der Waals surface area contributed by atoms with Crippen LogP contribution in [0.4, 0.5) is 0 Å². The van der Waals surface area contributed by atoms with Crippen molar-refractivity contribution in [2.45, 2.75) is 6.42 Å². The van der Waals surface area contributed by atoms with Gasteiger partial charge in [-0.3, -0.25) is 4.79 Å². The van der Waals surface area contributed by atoms with E-state index >= 15 is 0 Å². The number of esters is 1. The van der Waals surface area contributed by atoms with E-state index in [1.165, 1.54) is 18.5 Å². The van der Waals surface area contributed by atoms with Crippen LogP contribution in [0.2, 0.25) is 0 Å². The summed E-state index contributed by atoms with van der Waals surface area (Å²) in [6.07, 6.45) is 3.18. The van der Waals surface area contributed by atoms with Crippen molar-refractivity contribution in [1.82, 2.24) is 5.43 Å². The summed E-state index contributed by atoms with van der Waals surface area (Å²) in [4.78, 5) is 23.6. The molecular weight excluding hydrogens is 332 g/mol. The van der Waals surface area contributed by atoms with Gasteiger partial charge in [-0.05, 0) is 47.5 Å². The van der Waals surface area contributed by atoms with Crippen molar-refractivity contribution < 1.29 is 18.7 Å². The number of nitrogens with one attached hydrogen (secondary N) is 1. The van der Waals surface area contributed by atoms with E-state index < -0.39 is 5.97 Å². The molecule has 1 aromatic heterocycles. The average molecular weight is 348 g/mol. The van der Waals surface area contributed by atoms with Crippen LogP contribution in [0.3, 0.4) is 0 Å². The second-order valence-corrected chi connectivity index (χ2v) is 5.39. The Balaban J connectivity index is 1.50. The van der Waals surface area contributed by atoms with Gasteiger partial charge in [-0.25, -0.2) is 10.2 Å². The molecular formula is C20H16N2O4.